The Balaban J connectivity index is 2.18. The van der Waals surface area contributed by atoms with Crippen molar-refractivity contribution in [2.24, 2.45) is 0 Å². The number of rotatable bonds is 6. The summed E-state index contributed by atoms with van der Waals surface area (Å²) in [5.74, 6) is 0.325. The topological polar surface area (TPSA) is 74.5 Å². The third kappa shape index (κ3) is 4.14. The zero-order chi connectivity index (χ0) is 15.2. The highest BCUT2D eigenvalue weighted by Crippen LogP contribution is 2.30. The molecule has 21 heavy (non-hydrogen) atoms. The SMILES string of the molecule is COCCc1ccc(Oc2nc(Cl)ccc2[N+](=O)[O-])cc1. The van der Waals surface area contributed by atoms with Crippen LogP contribution >= 0.6 is 11.6 Å². The van der Waals surface area contributed by atoms with Gasteiger partial charge in [0.25, 0.3) is 0 Å². The Hall–Kier alpha value is -2.18. The monoisotopic (exact) mass is 308 g/mol. The molecule has 1 heterocycles. The Morgan fingerprint density at radius 3 is 2.57 bits per heavy atom. The first-order chi connectivity index (χ1) is 10.1. The summed E-state index contributed by atoms with van der Waals surface area (Å²) in [5, 5.41) is 11.1. The van der Waals surface area contributed by atoms with Gasteiger partial charge in [-0.25, -0.2) is 0 Å². The summed E-state index contributed by atoms with van der Waals surface area (Å²) in [5.41, 5.74) is 0.848. The van der Waals surface area contributed by atoms with Crippen molar-refractivity contribution in [3.63, 3.8) is 0 Å². The van der Waals surface area contributed by atoms with E-state index < -0.39 is 4.92 Å². The first-order valence-corrected chi connectivity index (χ1v) is 6.54. The van der Waals surface area contributed by atoms with E-state index in [4.69, 9.17) is 21.1 Å². The van der Waals surface area contributed by atoms with Crippen LogP contribution in [0.15, 0.2) is 36.4 Å². The molecule has 6 nitrogen and oxygen atoms in total. The van der Waals surface area contributed by atoms with Crippen LogP contribution in [0.1, 0.15) is 5.56 Å². The Morgan fingerprint density at radius 2 is 1.95 bits per heavy atom. The van der Waals surface area contributed by atoms with Crippen molar-refractivity contribution < 1.29 is 14.4 Å². The van der Waals surface area contributed by atoms with E-state index in [-0.39, 0.29) is 16.7 Å². The van der Waals surface area contributed by atoms with Crippen LogP contribution in [0.4, 0.5) is 5.69 Å². The van der Waals surface area contributed by atoms with Crippen molar-refractivity contribution >= 4 is 17.3 Å². The Bertz CT molecular complexity index is 631. The molecule has 0 atom stereocenters. The minimum Gasteiger partial charge on any atom is -0.434 e. The highest BCUT2D eigenvalue weighted by molar-refractivity contribution is 6.29. The third-order valence-electron chi connectivity index (χ3n) is 2.74. The average Bonchev–Trinajstić information content (AvgIpc) is 2.46. The summed E-state index contributed by atoms with van der Waals surface area (Å²) in [6, 6.07) is 9.78. The van der Waals surface area contributed by atoms with Crippen LogP contribution < -0.4 is 4.74 Å². The first kappa shape index (κ1) is 15.2. The first-order valence-electron chi connectivity index (χ1n) is 6.17. The highest BCUT2D eigenvalue weighted by Gasteiger charge is 2.18. The number of benzene rings is 1. The van der Waals surface area contributed by atoms with E-state index in [9.17, 15) is 10.1 Å². The standard InChI is InChI=1S/C14H13ClN2O4/c1-20-9-8-10-2-4-11(5-3-10)21-14-12(17(18)19)6-7-13(15)16-14/h2-7H,8-9H2,1H3. The maximum Gasteiger partial charge on any atom is 0.331 e. The molecule has 0 bridgehead atoms. The fourth-order valence-electron chi connectivity index (χ4n) is 1.68. The van der Waals surface area contributed by atoms with Crippen LogP contribution in [-0.4, -0.2) is 23.6 Å². The lowest BCUT2D eigenvalue weighted by molar-refractivity contribution is -0.386. The van der Waals surface area contributed by atoms with Gasteiger partial charge in [-0.3, -0.25) is 10.1 Å². The lowest BCUT2D eigenvalue weighted by atomic mass is 10.1. The number of nitrogens with zero attached hydrogens (tertiary/aromatic N) is 2. The van der Waals surface area contributed by atoms with Gasteiger partial charge in [-0.15, -0.1) is 0 Å². The number of methoxy groups -OCH3 is 1. The number of aromatic nitrogens is 1. The summed E-state index contributed by atoms with van der Waals surface area (Å²) in [4.78, 5) is 14.2. The van der Waals surface area contributed by atoms with Crippen LogP contribution in [0.5, 0.6) is 11.6 Å². The van der Waals surface area contributed by atoms with Gasteiger partial charge in [-0.05, 0) is 30.2 Å². The summed E-state index contributed by atoms with van der Waals surface area (Å²) in [6.45, 7) is 0.627. The maximum atomic E-state index is 10.9. The third-order valence-corrected chi connectivity index (χ3v) is 2.95. The molecule has 1 aromatic heterocycles. The highest BCUT2D eigenvalue weighted by atomic mass is 35.5. The Kier molecular flexibility index (Phi) is 5.08. The van der Waals surface area contributed by atoms with E-state index in [1.807, 2.05) is 12.1 Å². The average molecular weight is 309 g/mol. The molecule has 0 amide bonds. The number of ether oxygens (including phenoxy) is 2. The van der Waals surface area contributed by atoms with Gasteiger partial charge in [0, 0.05) is 13.2 Å². The molecule has 0 unspecified atom stereocenters. The zero-order valence-electron chi connectivity index (χ0n) is 11.3. The molecule has 0 aliphatic carbocycles. The van der Waals surface area contributed by atoms with Gasteiger partial charge < -0.3 is 9.47 Å². The van der Waals surface area contributed by atoms with Crippen LogP contribution in [-0.2, 0) is 11.2 Å². The molecule has 0 aliphatic rings. The normalized spacial score (nSPS) is 10.4. The van der Waals surface area contributed by atoms with E-state index in [1.165, 1.54) is 12.1 Å². The summed E-state index contributed by atoms with van der Waals surface area (Å²) in [6.07, 6.45) is 0.784. The maximum absolute atomic E-state index is 10.9. The molecule has 2 aromatic rings. The molecule has 1 aromatic carbocycles. The van der Waals surface area contributed by atoms with E-state index in [0.717, 1.165) is 12.0 Å². The van der Waals surface area contributed by atoms with E-state index in [0.29, 0.717) is 12.4 Å². The van der Waals surface area contributed by atoms with Gasteiger partial charge in [0.15, 0.2) is 0 Å². The molecule has 0 fully saturated rings. The smallest absolute Gasteiger partial charge is 0.331 e. The summed E-state index contributed by atoms with van der Waals surface area (Å²) >= 11 is 5.74. The lowest BCUT2D eigenvalue weighted by Gasteiger charge is -2.06. The molecule has 0 spiro atoms. The van der Waals surface area contributed by atoms with E-state index >= 15 is 0 Å². The predicted octanol–water partition coefficient (Wildman–Crippen LogP) is 3.62. The quantitative estimate of drug-likeness (QED) is 0.463. The molecule has 7 heteroatoms. The Labute approximate surface area is 126 Å². The zero-order valence-corrected chi connectivity index (χ0v) is 12.0. The second-order valence-corrected chi connectivity index (χ2v) is 4.59. The van der Waals surface area contributed by atoms with Gasteiger partial charge in [0.2, 0.25) is 0 Å². The number of hydrogen-bond acceptors (Lipinski definition) is 5. The fraction of sp³-hybridized carbons (Fsp3) is 0.214. The van der Waals surface area contributed by atoms with Gasteiger partial charge >= 0.3 is 11.6 Å². The van der Waals surface area contributed by atoms with Crippen molar-refractivity contribution in [2.45, 2.75) is 6.42 Å². The minimum atomic E-state index is -0.564. The molecule has 0 saturated heterocycles. The van der Waals surface area contributed by atoms with Crippen molar-refractivity contribution in [2.75, 3.05) is 13.7 Å². The van der Waals surface area contributed by atoms with Gasteiger partial charge in [0.05, 0.1) is 11.5 Å². The Morgan fingerprint density at radius 1 is 1.24 bits per heavy atom. The van der Waals surface area contributed by atoms with Gasteiger partial charge in [0.1, 0.15) is 10.9 Å². The summed E-state index contributed by atoms with van der Waals surface area (Å²) < 4.78 is 10.4. The van der Waals surface area contributed by atoms with Crippen molar-refractivity contribution in [1.29, 1.82) is 0 Å². The molecular weight excluding hydrogens is 296 g/mol. The van der Waals surface area contributed by atoms with E-state index in [2.05, 4.69) is 4.98 Å². The minimum absolute atomic E-state index is 0.128. The second kappa shape index (κ2) is 7.01. The number of hydrogen-bond donors (Lipinski definition) is 0. The van der Waals surface area contributed by atoms with Crippen molar-refractivity contribution in [1.82, 2.24) is 4.98 Å². The number of nitro groups is 1. The lowest BCUT2D eigenvalue weighted by Crippen LogP contribution is -1.97. The molecule has 0 saturated carbocycles. The summed E-state index contributed by atoms with van der Waals surface area (Å²) in [7, 11) is 1.64. The van der Waals surface area contributed by atoms with Crippen molar-refractivity contribution in [3.8, 4) is 11.6 Å². The molecule has 0 aliphatic heterocycles. The predicted molar refractivity (Wildman–Crippen MR) is 78.0 cm³/mol. The van der Waals surface area contributed by atoms with Gasteiger partial charge in [-0.2, -0.15) is 4.98 Å². The van der Waals surface area contributed by atoms with Crippen LogP contribution in [0.2, 0.25) is 5.15 Å². The van der Waals surface area contributed by atoms with E-state index in [1.54, 1.807) is 19.2 Å². The number of pyridine rings is 1. The molecule has 110 valence electrons. The molecule has 0 N–H and O–H groups in total. The van der Waals surface area contributed by atoms with Crippen LogP contribution in [0, 0.1) is 10.1 Å². The van der Waals surface area contributed by atoms with Crippen LogP contribution in [0.3, 0.4) is 0 Å². The van der Waals surface area contributed by atoms with Gasteiger partial charge in [-0.1, -0.05) is 23.7 Å². The molecule has 0 radical (unpaired) electrons. The number of halogens is 1. The molecular formula is C14H13ClN2O4. The largest absolute Gasteiger partial charge is 0.434 e. The van der Waals surface area contributed by atoms with Crippen molar-refractivity contribution in [3.05, 3.63) is 57.2 Å². The van der Waals surface area contributed by atoms with Crippen LogP contribution in [0.25, 0.3) is 0 Å². The molecule has 2 rings (SSSR count). The fourth-order valence-corrected chi connectivity index (χ4v) is 1.82. The second-order valence-electron chi connectivity index (χ2n) is 4.20.